The Morgan fingerprint density at radius 1 is 0.429 bits per heavy atom. The van der Waals surface area contributed by atoms with Gasteiger partial charge in [0, 0.05) is 0 Å². The lowest BCUT2D eigenvalue weighted by Gasteiger charge is -2.45. The molecule has 0 N–H and O–H groups in total. The van der Waals surface area contributed by atoms with E-state index < -0.39 is 0 Å². The van der Waals surface area contributed by atoms with Crippen LogP contribution in [0, 0.1) is 10.8 Å². The van der Waals surface area contributed by atoms with Gasteiger partial charge in [-0.2, -0.15) is 10.2 Å². The van der Waals surface area contributed by atoms with Gasteiger partial charge in [-0.15, -0.1) is 0 Å². The first-order valence-electron chi connectivity index (χ1n) is 12.4. The molecular weight excluding hydrogens is 340 g/mol. The fourth-order valence-corrected chi connectivity index (χ4v) is 4.32. The van der Waals surface area contributed by atoms with Crippen molar-refractivity contribution in [1.82, 2.24) is 0 Å². The van der Waals surface area contributed by atoms with Crippen LogP contribution >= 0.6 is 0 Å². The average molecular weight is 395 g/mol. The molecule has 0 rings (SSSR count). The van der Waals surface area contributed by atoms with Crippen LogP contribution in [0.15, 0.2) is 10.2 Å². The maximum atomic E-state index is 5.37. The molecule has 0 aliphatic heterocycles. The van der Waals surface area contributed by atoms with Gasteiger partial charge in [-0.1, -0.05) is 121 Å². The second kappa shape index (κ2) is 12.3. The molecule has 28 heavy (non-hydrogen) atoms. The highest BCUT2D eigenvalue weighted by atomic mass is 15.2. The maximum absolute atomic E-state index is 5.37. The van der Waals surface area contributed by atoms with Crippen molar-refractivity contribution >= 4 is 0 Å². The van der Waals surface area contributed by atoms with Gasteiger partial charge in [0.25, 0.3) is 0 Å². The Kier molecular flexibility index (Phi) is 12.2. The Morgan fingerprint density at radius 3 is 0.786 bits per heavy atom. The molecule has 0 heterocycles. The lowest BCUT2D eigenvalue weighted by Crippen LogP contribution is -2.44. The molecule has 2 nitrogen and oxygen atoms in total. The third kappa shape index (κ3) is 7.79. The standard InChI is InChI=1S/C26H54N2/c1-11-15-19-25(20-16-12-2,23(5,6)7)27-28-26(21-17-13-3,22-18-14-4)24(8,9)10/h11-22H2,1-10H3. The minimum Gasteiger partial charge on any atom is -0.186 e. The van der Waals surface area contributed by atoms with Crippen LogP contribution in [-0.2, 0) is 0 Å². The Hall–Kier alpha value is -0.400. The highest BCUT2D eigenvalue weighted by molar-refractivity contribution is 5.01. The zero-order valence-corrected chi connectivity index (χ0v) is 21.4. The molecule has 0 atom stereocenters. The summed E-state index contributed by atoms with van der Waals surface area (Å²) in [6.45, 7) is 23.5. The average Bonchev–Trinajstić information content (AvgIpc) is 2.60. The molecule has 0 saturated carbocycles. The van der Waals surface area contributed by atoms with Gasteiger partial charge in [-0.25, -0.2) is 0 Å². The summed E-state index contributed by atoms with van der Waals surface area (Å²) >= 11 is 0. The van der Waals surface area contributed by atoms with E-state index in [1.807, 2.05) is 0 Å². The fraction of sp³-hybridized carbons (Fsp3) is 1.00. The number of hydrogen-bond acceptors (Lipinski definition) is 2. The first-order valence-corrected chi connectivity index (χ1v) is 12.4. The topological polar surface area (TPSA) is 24.7 Å². The summed E-state index contributed by atoms with van der Waals surface area (Å²) in [5.41, 5.74) is 0.210. The molecule has 0 unspecified atom stereocenters. The van der Waals surface area contributed by atoms with Crippen molar-refractivity contribution in [1.29, 1.82) is 0 Å². The molecule has 0 aromatic rings. The maximum Gasteiger partial charge on any atom is 0.0864 e. The molecule has 0 amide bonds. The second-order valence-electron chi connectivity index (χ2n) is 11.2. The third-order valence-electron chi connectivity index (χ3n) is 7.00. The van der Waals surface area contributed by atoms with Crippen LogP contribution in [0.3, 0.4) is 0 Å². The number of nitrogens with zero attached hydrogens (tertiary/aromatic N) is 2. The van der Waals surface area contributed by atoms with E-state index in [4.69, 9.17) is 10.2 Å². The number of azo groups is 1. The van der Waals surface area contributed by atoms with E-state index in [9.17, 15) is 0 Å². The van der Waals surface area contributed by atoms with Gasteiger partial charge >= 0.3 is 0 Å². The van der Waals surface area contributed by atoms with Gasteiger partial charge < -0.3 is 0 Å². The number of hydrogen-bond donors (Lipinski definition) is 0. The molecule has 0 aliphatic rings. The van der Waals surface area contributed by atoms with Crippen molar-refractivity contribution in [2.45, 2.75) is 157 Å². The Morgan fingerprint density at radius 2 is 0.643 bits per heavy atom. The molecule has 0 aliphatic carbocycles. The van der Waals surface area contributed by atoms with E-state index in [1.165, 1.54) is 51.4 Å². The second-order valence-corrected chi connectivity index (χ2v) is 11.2. The highest BCUT2D eigenvalue weighted by Crippen LogP contribution is 2.47. The summed E-state index contributed by atoms with van der Waals surface area (Å²) in [6, 6.07) is 0. The predicted molar refractivity (Wildman–Crippen MR) is 127 cm³/mol. The smallest absolute Gasteiger partial charge is 0.0864 e. The Balaban J connectivity index is 6.21. The summed E-state index contributed by atoms with van der Waals surface area (Å²) in [4.78, 5) is 0. The van der Waals surface area contributed by atoms with Gasteiger partial charge in [0.1, 0.15) is 0 Å². The largest absolute Gasteiger partial charge is 0.186 e. The third-order valence-corrected chi connectivity index (χ3v) is 7.00. The van der Waals surface area contributed by atoms with Gasteiger partial charge in [0.2, 0.25) is 0 Å². The van der Waals surface area contributed by atoms with E-state index in [2.05, 4.69) is 69.2 Å². The van der Waals surface area contributed by atoms with Crippen molar-refractivity contribution in [2.75, 3.05) is 0 Å². The first kappa shape index (κ1) is 27.6. The summed E-state index contributed by atoms with van der Waals surface area (Å²) < 4.78 is 0. The van der Waals surface area contributed by atoms with Gasteiger partial charge in [0.15, 0.2) is 0 Å². The Bertz CT molecular complexity index is 367. The van der Waals surface area contributed by atoms with E-state index in [1.54, 1.807) is 0 Å². The van der Waals surface area contributed by atoms with Crippen molar-refractivity contribution in [3.05, 3.63) is 0 Å². The summed E-state index contributed by atoms with van der Waals surface area (Å²) in [5.74, 6) is 0. The SMILES string of the molecule is CCCCC(CCCC)(N=NC(CCCC)(CCCC)C(C)(C)C)C(C)(C)C. The van der Waals surface area contributed by atoms with Gasteiger partial charge in [-0.3, -0.25) is 0 Å². The van der Waals surface area contributed by atoms with Crippen LogP contribution in [0.4, 0.5) is 0 Å². The monoisotopic (exact) mass is 394 g/mol. The predicted octanol–water partition coefficient (Wildman–Crippen LogP) is 9.77. The quantitative estimate of drug-likeness (QED) is 0.262. The van der Waals surface area contributed by atoms with E-state index >= 15 is 0 Å². The molecular formula is C26H54N2. The van der Waals surface area contributed by atoms with Crippen molar-refractivity contribution < 1.29 is 0 Å². The van der Waals surface area contributed by atoms with Crippen LogP contribution in [0.1, 0.15) is 146 Å². The zero-order chi connectivity index (χ0) is 21.9. The van der Waals surface area contributed by atoms with Crippen LogP contribution in [-0.4, -0.2) is 11.1 Å². The van der Waals surface area contributed by atoms with Crippen LogP contribution in [0.25, 0.3) is 0 Å². The molecule has 0 spiro atoms. The minimum absolute atomic E-state index is 0.0338. The van der Waals surface area contributed by atoms with E-state index in [-0.39, 0.29) is 21.9 Å². The minimum atomic E-state index is -0.0338. The van der Waals surface area contributed by atoms with Crippen molar-refractivity contribution in [3.63, 3.8) is 0 Å². The Labute approximate surface area is 178 Å². The van der Waals surface area contributed by atoms with Crippen LogP contribution in [0.5, 0.6) is 0 Å². The number of unbranched alkanes of at least 4 members (excludes halogenated alkanes) is 4. The van der Waals surface area contributed by atoms with Crippen LogP contribution in [0.2, 0.25) is 0 Å². The van der Waals surface area contributed by atoms with Crippen LogP contribution < -0.4 is 0 Å². The molecule has 0 aromatic heterocycles. The molecule has 0 fully saturated rings. The highest BCUT2D eigenvalue weighted by Gasteiger charge is 2.45. The normalized spacial score (nSPS) is 14.2. The molecule has 0 radical (unpaired) electrons. The van der Waals surface area contributed by atoms with Gasteiger partial charge in [-0.05, 0) is 36.5 Å². The van der Waals surface area contributed by atoms with E-state index in [0.717, 1.165) is 25.7 Å². The molecule has 168 valence electrons. The van der Waals surface area contributed by atoms with E-state index in [0.29, 0.717) is 0 Å². The lowest BCUT2D eigenvalue weighted by atomic mass is 9.67. The molecule has 0 saturated heterocycles. The van der Waals surface area contributed by atoms with Crippen molar-refractivity contribution in [2.24, 2.45) is 21.1 Å². The summed E-state index contributed by atoms with van der Waals surface area (Å²) in [7, 11) is 0. The molecule has 0 aromatic carbocycles. The first-order chi connectivity index (χ1) is 12.9. The molecule has 0 bridgehead atoms. The fourth-order valence-electron chi connectivity index (χ4n) is 4.32. The lowest BCUT2D eigenvalue weighted by molar-refractivity contribution is 0.109. The zero-order valence-electron chi connectivity index (χ0n) is 21.4. The number of rotatable bonds is 14. The van der Waals surface area contributed by atoms with Crippen molar-refractivity contribution in [3.8, 4) is 0 Å². The molecule has 2 heteroatoms. The summed E-state index contributed by atoms with van der Waals surface area (Å²) in [5, 5.41) is 10.7. The summed E-state index contributed by atoms with van der Waals surface area (Å²) in [6.07, 6.45) is 14.6. The van der Waals surface area contributed by atoms with Gasteiger partial charge in [0.05, 0.1) is 11.1 Å².